The van der Waals surface area contributed by atoms with Gasteiger partial charge in [-0.1, -0.05) is 17.7 Å². The summed E-state index contributed by atoms with van der Waals surface area (Å²) in [5.41, 5.74) is 1.31. The summed E-state index contributed by atoms with van der Waals surface area (Å²) in [6.07, 6.45) is 3.01. The summed E-state index contributed by atoms with van der Waals surface area (Å²) in [4.78, 5) is 8.21. The van der Waals surface area contributed by atoms with E-state index >= 15 is 0 Å². The third-order valence-corrected chi connectivity index (χ3v) is 2.55. The molecular formula is C12H11ClN2O. The molecular weight excluding hydrogens is 224 g/mol. The molecule has 2 rings (SSSR count). The third-order valence-electron chi connectivity index (χ3n) is 2.23. The van der Waals surface area contributed by atoms with E-state index in [9.17, 15) is 5.11 Å². The zero-order chi connectivity index (χ0) is 11.4. The first-order valence-electron chi connectivity index (χ1n) is 4.96. The maximum Gasteiger partial charge on any atom is 0.103 e. The summed E-state index contributed by atoms with van der Waals surface area (Å²) in [6.45, 7) is 0. The molecule has 3 nitrogen and oxygen atoms in total. The fourth-order valence-corrected chi connectivity index (χ4v) is 1.70. The van der Waals surface area contributed by atoms with Gasteiger partial charge < -0.3 is 5.11 Å². The van der Waals surface area contributed by atoms with E-state index in [0.29, 0.717) is 17.1 Å². The van der Waals surface area contributed by atoms with E-state index in [1.165, 1.54) is 0 Å². The largest absolute Gasteiger partial charge is 0.386 e. The number of aliphatic hydroxyl groups excluding tert-OH is 1. The van der Waals surface area contributed by atoms with Gasteiger partial charge in [0.1, 0.15) is 6.10 Å². The lowest BCUT2D eigenvalue weighted by Gasteiger charge is -2.10. The number of hydrogen-bond donors (Lipinski definition) is 1. The van der Waals surface area contributed by atoms with Gasteiger partial charge in [0.05, 0.1) is 10.7 Å². The number of rotatable bonds is 3. The monoisotopic (exact) mass is 234 g/mol. The zero-order valence-corrected chi connectivity index (χ0v) is 9.30. The van der Waals surface area contributed by atoms with Crippen LogP contribution in [0.4, 0.5) is 0 Å². The van der Waals surface area contributed by atoms with Crippen LogP contribution in [0.3, 0.4) is 0 Å². The number of aliphatic hydroxyl groups is 1. The maximum atomic E-state index is 9.97. The van der Waals surface area contributed by atoms with E-state index in [-0.39, 0.29) is 0 Å². The molecule has 0 aliphatic heterocycles. The van der Waals surface area contributed by atoms with E-state index in [1.54, 1.807) is 24.5 Å². The predicted molar refractivity (Wildman–Crippen MR) is 62.1 cm³/mol. The zero-order valence-electron chi connectivity index (χ0n) is 8.55. The maximum absolute atomic E-state index is 9.97. The number of pyridine rings is 2. The lowest BCUT2D eigenvalue weighted by Crippen LogP contribution is -2.05. The van der Waals surface area contributed by atoms with Crippen molar-refractivity contribution in [2.75, 3.05) is 0 Å². The van der Waals surface area contributed by atoms with Gasteiger partial charge in [-0.2, -0.15) is 0 Å². The van der Waals surface area contributed by atoms with Crippen LogP contribution in [0.1, 0.15) is 17.5 Å². The van der Waals surface area contributed by atoms with E-state index in [4.69, 9.17) is 11.6 Å². The molecule has 4 heteroatoms. The summed E-state index contributed by atoms with van der Waals surface area (Å²) < 4.78 is 0. The number of halogens is 1. The van der Waals surface area contributed by atoms with Crippen molar-refractivity contribution in [2.24, 2.45) is 0 Å². The van der Waals surface area contributed by atoms with Crippen molar-refractivity contribution < 1.29 is 5.11 Å². The lowest BCUT2D eigenvalue weighted by atomic mass is 10.1. The molecule has 1 N–H and O–H groups in total. The summed E-state index contributed by atoms with van der Waals surface area (Å²) in [6, 6.07) is 9.03. The van der Waals surface area contributed by atoms with Crippen LogP contribution in [0, 0.1) is 0 Å². The Balaban J connectivity index is 2.15. The molecule has 1 unspecified atom stereocenters. The molecule has 0 amide bonds. The Morgan fingerprint density at radius 1 is 1.12 bits per heavy atom. The van der Waals surface area contributed by atoms with E-state index in [2.05, 4.69) is 9.97 Å². The van der Waals surface area contributed by atoms with Gasteiger partial charge >= 0.3 is 0 Å². The molecule has 1 atom stereocenters. The molecule has 0 saturated carbocycles. The molecule has 0 aliphatic rings. The van der Waals surface area contributed by atoms with E-state index in [0.717, 1.165) is 5.69 Å². The van der Waals surface area contributed by atoms with Crippen LogP contribution >= 0.6 is 11.6 Å². The standard InChI is InChI=1S/C12H11ClN2O/c13-10-5-3-7-15-12(10)11(16)8-9-4-1-2-6-14-9/h1-7,11,16H,8H2. The Bertz CT molecular complexity index is 462. The van der Waals surface area contributed by atoms with Crippen LogP contribution in [0.5, 0.6) is 0 Å². The molecule has 0 fully saturated rings. The Morgan fingerprint density at radius 3 is 2.62 bits per heavy atom. The SMILES string of the molecule is OC(Cc1ccccn1)c1ncccc1Cl. The molecule has 2 aromatic heterocycles. The van der Waals surface area contributed by atoms with Gasteiger partial charge in [-0.15, -0.1) is 0 Å². The number of nitrogens with zero attached hydrogens (tertiary/aromatic N) is 2. The van der Waals surface area contributed by atoms with Crippen molar-refractivity contribution in [3.8, 4) is 0 Å². The molecule has 2 heterocycles. The van der Waals surface area contributed by atoms with Gasteiger partial charge in [-0.05, 0) is 24.3 Å². The second-order valence-corrected chi connectivity index (χ2v) is 3.82. The minimum Gasteiger partial charge on any atom is -0.386 e. The lowest BCUT2D eigenvalue weighted by molar-refractivity contribution is 0.172. The van der Waals surface area contributed by atoms with Crippen LogP contribution in [0.25, 0.3) is 0 Å². The smallest absolute Gasteiger partial charge is 0.103 e. The van der Waals surface area contributed by atoms with Crippen molar-refractivity contribution in [3.05, 3.63) is 59.1 Å². The number of aromatic nitrogens is 2. The first-order chi connectivity index (χ1) is 7.77. The second-order valence-electron chi connectivity index (χ2n) is 3.41. The normalized spacial score (nSPS) is 12.4. The average molecular weight is 235 g/mol. The van der Waals surface area contributed by atoms with Gasteiger partial charge in [0.2, 0.25) is 0 Å². The molecule has 2 aromatic rings. The first-order valence-corrected chi connectivity index (χ1v) is 5.33. The van der Waals surface area contributed by atoms with Crippen LogP contribution in [-0.2, 0) is 6.42 Å². The van der Waals surface area contributed by atoms with Gasteiger partial charge in [0, 0.05) is 24.5 Å². The predicted octanol–water partition coefficient (Wildman–Crippen LogP) is 2.41. The number of hydrogen-bond acceptors (Lipinski definition) is 3. The molecule has 82 valence electrons. The first kappa shape index (κ1) is 11.0. The minimum absolute atomic E-state index is 0.414. The van der Waals surface area contributed by atoms with E-state index < -0.39 is 6.10 Å². The fourth-order valence-electron chi connectivity index (χ4n) is 1.46. The van der Waals surface area contributed by atoms with Crippen molar-refractivity contribution >= 4 is 11.6 Å². The van der Waals surface area contributed by atoms with Crippen LogP contribution in [-0.4, -0.2) is 15.1 Å². The molecule has 0 radical (unpaired) electrons. The highest BCUT2D eigenvalue weighted by molar-refractivity contribution is 6.31. The molecule has 0 bridgehead atoms. The highest BCUT2D eigenvalue weighted by Gasteiger charge is 2.13. The minimum atomic E-state index is -0.719. The fraction of sp³-hybridized carbons (Fsp3) is 0.167. The van der Waals surface area contributed by atoms with Crippen molar-refractivity contribution in [1.29, 1.82) is 0 Å². The molecule has 0 aliphatic carbocycles. The third kappa shape index (κ3) is 2.56. The van der Waals surface area contributed by atoms with Crippen LogP contribution in [0.2, 0.25) is 5.02 Å². The highest BCUT2D eigenvalue weighted by Crippen LogP contribution is 2.22. The van der Waals surface area contributed by atoms with Gasteiger partial charge in [-0.25, -0.2) is 0 Å². The molecule has 0 saturated heterocycles. The topological polar surface area (TPSA) is 46.0 Å². The van der Waals surface area contributed by atoms with Gasteiger partial charge in [0.25, 0.3) is 0 Å². The molecule has 0 aromatic carbocycles. The summed E-state index contributed by atoms with van der Waals surface area (Å²) in [5.74, 6) is 0. The Labute approximate surface area is 98.8 Å². The van der Waals surface area contributed by atoms with Crippen molar-refractivity contribution in [3.63, 3.8) is 0 Å². The molecule has 16 heavy (non-hydrogen) atoms. The quantitative estimate of drug-likeness (QED) is 0.887. The van der Waals surface area contributed by atoms with Crippen molar-refractivity contribution in [1.82, 2.24) is 9.97 Å². The van der Waals surface area contributed by atoms with Gasteiger partial charge in [-0.3, -0.25) is 9.97 Å². The second kappa shape index (κ2) is 5.05. The Kier molecular flexibility index (Phi) is 3.49. The summed E-state index contributed by atoms with van der Waals surface area (Å²) in [7, 11) is 0. The van der Waals surface area contributed by atoms with Crippen LogP contribution < -0.4 is 0 Å². The molecule has 0 spiro atoms. The average Bonchev–Trinajstić information content (AvgIpc) is 2.31. The van der Waals surface area contributed by atoms with Crippen molar-refractivity contribution in [2.45, 2.75) is 12.5 Å². The van der Waals surface area contributed by atoms with Crippen LogP contribution in [0.15, 0.2) is 42.7 Å². The highest BCUT2D eigenvalue weighted by atomic mass is 35.5. The van der Waals surface area contributed by atoms with E-state index in [1.807, 2.05) is 18.2 Å². The Hall–Kier alpha value is -1.45. The summed E-state index contributed by atoms with van der Waals surface area (Å²) >= 11 is 5.94. The summed E-state index contributed by atoms with van der Waals surface area (Å²) in [5, 5.41) is 10.4. The Morgan fingerprint density at radius 2 is 1.94 bits per heavy atom. The van der Waals surface area contributed by atoms with Gasteiger partial charge in [0.15, 0.2) is 0 Å².